The van der Waals surface area contributed by atoms with E-state index in [-0.39, 0.29) is 5.71 Å². The Bertz CT molecular complexity index is 327. The summed E-state index contributed by atoms with van der Waals surface area (Å²) < 4.78 is 35.9. The molecule has 1 nitrogen and oxygen atoms in total. The van der Waals surface area contributed by atoms with Crippen LogP contribution in [-0.2, 0) is 6.54 Å². The van der Waals surface area contributed by atoms with Crippen molar-refractivity contribution < 1.29 is 13.2 Å². The molecule has 82 valence electrons. The summed E-state index contributed by atoms with van der Waals surface area (Å²) in [6.07, 6.45) is -5.09. The summed E-state index contributed by atoms with van der Waals surface area (Å²) in [5, 5.41) is 0. The molecule has 0 unspecified atom stereocenters. The molecule has 0 radical (unpaired) electrons. The van der Waals surface area contributed by atoms with Crippen LogP contribution in [-0.4, -0.2) is 11.9 Å². The van der Waals surface area contributed by atoms with Gasteiger partial charge < -0.3 is 0 Å². The SMILES string of the molecule is CC(CC(F)(F)F)=NCc1ccccc1. The van der Waals surface area contributed by atoms with Crippen molar-refractivity contribution in [1.29, 1.82) is 0 Å². The highest BCUT2D eigenvalue weighted by Gasteiger charge is 2.27. The largest absolute Gasteiger partial charge is 0.394 e. The summed E-state index contributed by atoms with van der Waals surface area (Å²) in [5.74, 6) is 0. The minimum atomic E-state index is -4.16. The van der Waals surface area contributed by atoms with E-state index in [1.54, 1.807) is 0 Å². The van der Waals surface area contributed by atoms with Crippen LogP contribution < -0.4 is 0 Å². The second-order valence-corrected chi connectivity index (χ2v) is 3.33. The Balaban J connectivity index is 2.51. The summed E-state index contributed by atoms with van der Waals surface area (Å²) in [5.41, 5.74) is 1.03. The molecule has 0 atom stereocenters. The molecule has 0 aliphatic heterocycles. The molecule has 0 amide bonds. The maximum absolute atomic E-state index is 12.0. The maximum Gasteiger partial charge on any atom is 0.394 e. The Morgan fingerprint density at radius 3 is 2.33 bits per heavy atom. The predicted molar refractivity (Wildman–Crippen MR) is 53.9 cm³/mol. The zero-order valence-electron chi connectivity index (χ0n) is 8.38. The lowest BCUT2D eigenvalue weighted by Gasteiger charge is -2.05. The molecule has 0 bridgehead atoms. The van der Waals surface area contributed by atoms with Crippen LogP contribution in [0.3, 0.4) is 0 Å². The number of nitrogens with zero attached hydrogens (tertiary/aromatic N) is 1. The van der Waals surface area contributed by atoms with E-state index in [9.17, 15) is 13.2 Å². The zero-order chi connectivity index (χ0) is 11.3. The van der Waals surface area contributed by atoms with Gasteiger partial charge in [0.1, 0.15) is 0 Å². The summed E-state index contributed by atoms with van der Waals surface area (Å²) in [6.45, 7) is 1.71. The number of benzene rings is 1. The number of rotatable bonds is 3. The minimum Gasteiger partial charge on any atom is -0.289 e. The number of hydrogen-bond acceptors (Lipinski definition) is 1. The fourth-order valence-corrected chi connectivity index (χ4v) is 1.16. The normalized spacial score (nSPS) is 12.9. The lowest BCUT2D eigenvalue weighted by molar-refractivity contribution is -0.121. The molecule has 1 rings (SSSR count). The molecule has 0 aromatic heterocycles. The Morgan fingerprint density at radius 2 is 1.80 bits per heavy atom. The molecule has 15 heavy (non-hydrogen) atoms. The first-order chi connectivity index (χ1) is 6.97. The summed E-state index contributed by atoms with van der Waals surface area (Å²) in [4.78, 5) is 3.88. The zero-order valence-corrected chi connectivity index (χ0v) is 8.38. The fourth-order valence-electron chi connectivity index (χ4n) is 1.16. The maximum atomic E-state index is 12.0. The van der Waals surface area contributed by atoms with Crippen LogP contribution in [0.4, 0.5) is 13.2 Å². The van der Waals surface area contributed by atoms with Crippen molar-refractivity contribution in [2.24, 2.45) is 4.99 Å². The summed E-state index contributed by atoms with van der Waals surface area (Å²) >= 11 is 0. The van der Waals surface area contributed by atoms with E-state index in [0.29, 0.717) is 6.54 Å². The van der Waals surface area contributed by atoms with Gasteiger partial charge in [0.2, 0.25) is 0 Å². The number of alkyl halides is 3. The summed E-state index contributed by atoms with van der Waals surface area (Å²) in [7, 11) is 0. The minimum absolute atomic E-state index is 0.117. The molecule has 1 aromatic rings. The Labute approximate surface area is 86.6 Å². The Kier molecular flexibility index (Phi) is 3.88. The van der Waals surface area contributed by atoms with Crippen LogP contribution in [0.2, 0.25) is 0 Å². The van der Waals surface area contributed by atoms with Gasteiger partial charge >= 0.3 is 6.18 Å². The van der Waals surface area contributed by atoms with E-state index in [4.69, 9.17) is 0 Å². The van der Waals surface area contributed by atoms with Gasteiger partial charge in [0.25, 0.3) is 0 Å². The van der Waals surface area contributed by atoms with E-state index < -0.39 is 12.6 Å². The molecule has 1 aromatic carbocycles. The molecule has 0 heterocycles. The van der Waals surface area contributed by atoms with Gasteiger partial charge in [-0.05, 0) is 12.5 Å². The van der Waals surface area contributed by atoms with Crippen LogP contribution in [0.5, 0.6) is 0 Å². The highest BCUT2D eigenvalue weighted by atomic mass is 19.4. The predicted octanol–water partition coefficient (Wildman–Crippen LogP) is 3.60. The van der Waals surface area contributed by atoms with Gasteiger partial charge in [-0.25, -0.2) is 0 Å². The number of aliphatic imine (C=N–C) groups is 1. The molecule has 0 aliphatic rings. The molecule has 0 saturated heterocycles. The molecule has 4 heteroatoms. The third-order valence-electron chi connectivity index (χ3n) is 1.83. The van der Waals surface area contributed by atoms with Gasteiger partial charge in [-0.2, -0.15) is 13.2 Å². The van der Waals surface area contributed by atoms with E-state index in [1.165, 1.54) is 6.92 Å². The van der Waals surface area contributed by atoms with E-state index in [0.717, 1.165) is 5.56 Å². The van der Waals surface area contributed by atoms with Crippen molar-refractivity contribution >= 4 is 5.71 Å². The van der Waals surface area contributed by atoms with Crippen LogP contribution >= 0.6 is 0 Å². The standard InChI is InChI=1S/C11H12F3N/c1-9(7-11(12,13)14)15-8-10-5-3-2-4-6-10/h2-6H,7-8H2,1H3. The molecule has 0 fully saturated rings. The highest BCUT2D eigenvalue weighted by molar-refractivity contribution is 5.82. The van der Waals surface area contributed by atoms with Crippen molar-refractivity contribution in [3.63, 3.8) is 0 Å². The molecular weight excluding hydrogens is 203 g/mol. The monoisotopic (exact) mass is 215 g/mol. The van der Waals surface area contributed by atoms with E-state index in [2.05, 4.69) is 4.99 Å². The molecule has 0 N–H and O–H groups in total. The van der Waals surface area contributed by atoms with Crippen LogP contribution in [0.1, 0.15) is 18.9 Å². The number of hydrogen-bond donors (Lipinski definition) is 0. The number of halogens is 3. The van der Waals surface area contributed by atoms with Gasteiger partial charge in [0, 0.05) is 5.71 Å². The topological polar surface area (TPSA) is 12.4 Å². The Hall–Kier alpha value is -1.32. The average Bonchev–Trinajstić information content (AvgIpc) is 2.14. The van der Waals surface area contributed by atoms with Crippen LogP contribution in [0.25, 0.3) is 0 Å². The summed E-state index contributed by atoms with van der Waals surface area (Å²) in [6, 6.07) is 9.21. The van der Waals surface area contributed by atoms with Gasteiger partial charge in [-0.3, -0.25) is 4.99 Å². The van der Waals surface area contributed by atoms with Crippen molar-refractivity contribution in [1.82, 2.24) is 0 Å². The Morgan fingerprint density at radius 1 is 1.20 bits per heavy atom. The van der Waals surface area contributed by atoms with E-state index in [1.807, 2.05) is 30.3 Å². The first-order valence-electron chi connectivity index (χ1n) is 4.58. The fraction of sp³-hybridized carbons (Fsp3) is 0.364. The lowest BCUT2D eigenvalue weighted by Crippen LogP contribution is -2.12. The first kappa shape index (κ1) is 11.8. The molecule has 0 aliphatic carbocycles. The second kappa shape index (κ2) is 4.96. The highest BCUT2D eigenvalue weighted by Crippen LogP contribution is 2.20. The van der Waals surface area contributed by atoms with Crippen molar-refractivity contribution in [2.75, 3.05) is 0 Å². The molecule has 0 saturated carbocycles. The van der Waals surface area contributed by atoms with Crippen LogP contribution in [0, 0.1) is 0 Å². The average molecular weight is 215 g/mol. The van der Waals surface area contributed by atoms with Gasteiger partial charge in [0.15, 0.2) is 0 Å². The van der Waals surface area contributed by atoms with Gasteiger partial charge in [-0.1, -0.05) is 30.3 Å². The quantitative estimate of drug-likeness (QED) is 0.683. The van der Waals surface area contributed by atoms with Gasteiger partial charge in [0.05, 0.1) is 13.0 Å². The van der Waals surface area contributed by atoms with Crippen molar-refractivity contribution in [2.45, 2.75) is 26.1 Å². The third kappa shape index (κ3) is 5.20. The van der Waals surface area contributed by atoms with Crippen molar-refractivity contribution in [3.05, 3.63) is 35.9 Å². The van der Waals surface area contributed by atoms with Crippen molar-refractivity contribution in [3.8, 4) is 0 Å². The third-order valence-corrected chi connectivity index (χ3v) is 1.83. The van der Waals surface area contributed by atoms with Crippen LogP contribution in [0.15, 0.2) is 35.3 Å². The lowest BCUT2D eigenvalue weighted by atomic mass is 10.2. The molecular formula is C11H12F3N. The smallest absolute Gasteiger partial charge is 0.289 e. The first-order valence-corrected chi connectivity index (χ1v) is 4.58. The van der Waals surface area contributed by atoms with Gasteiger partial charge in [-0.15, -0.1) is 0 Å². The second-order valence-electron chi connectivity index (χ2n) is 3.33. The van der Waals surface area contributed by atoms with E-state index >= 15 is 0 Å². The molecule has 0 spiro atoms.